The summed E-state index contributed by atoms with van der Waals surface area (Å²) >= 11 is 3.21. The van der Waals surface area contributed by atoms with Gasteiger partial charge < -0.3 is 10.5 Å². The molecular weight excluding hydrogens is 276 g/mol. The van der Waals surface area contributed by atoms with Crippen LogP contribution in [-0.2, 0) is 4.74 Å². The van der Waals surface area contributed by atoms with E-state index < -0.39 is 4.92 Å². The van der Waals surface area contributed by atoms with Gasteiger partial charge in [-0.15, -0.1) is 0 Å². The molecule has 0 aliphatic carbocycles. The minimum atomic E-state index is -0.408. The lowest BCUT2D eigenvalue weighted by Gasteiger charge is -2.14. The predicted molar refractivity (Wildman–Crippen MR) is 62.1 cm³/mol. The van der Waals surface area contributed by atoms with Crippen LogP contribution in [0.4, 0.5) is 5.69 Å². The Morgan fingerprint density at radius 3 is 2.88 bits per heavy atom. The number of halogens is 1. The second-order valence-electron chi connectivity index (χ2n) is 3.70. The fraction of sp³-hybridized carbons (Fsp3) is 0.400. The third-order valence-corrected chi connectivity index (χ3v) is 3.13. The Hall–Kier alpha value is -0.980. The normalized spacial score (nSPS) is 24.6. The lowest BCUT2D eigenvalue weighted by molar-refractivity contribution is -0.386. The lowest BCUT2D eigenvalue weighted by atomic mass is 10.0. The third kappa shape index (κ3) is 2.09. The Balaban J connectivity index is 2.43. The minimum absolute atomic E-state index is 0.0525. The number of rotatable bonds is 2. The van der Waals surface area contributed by atoms with Crippen LogP contribution in [0.1, 0.15) is 18.1 Å². The van der Waals surface area contributed by atoms with Crippen LogP contribution >= 0.6 is 15.9 Å². The SMILES string of the molecule is NC1CCOC1c1ccc(Br)cc1[N+](=O)[O-]. The summed E-state index contributed by atoms with van der Waals surface area (Å²) in [5.41, 5.74) is 6.47. The number of nitro benzene ring substituents is 1. The molecule has 1 aromatic rings. The summed E-state index contributed by atoms with van der Waals surface area (Å²) < 4.78 is 6.11. The molecule has 86 valence electrons. The molecule has 1 aliphatic rings. The topological polar surface area (TPSA) is 78.4 Å². The van der Waals surface area contributed by atoms with Crippen molar-refractivity contribution >= 4 is 21.6 Å². The number of hydrogen-bond donors (Lipinski definition) is 1. The van der Waals surface area contributed by atoms with Gasteiger partial charge in [-0.2, -0.15) is 0 Å². The van der Waals surface area contributed by atoms with Crippen LogP contribution in [0.25, 0.3) is 0 Å². The van der Waals surface area contributed by atoms with Gasteiger partial charge in [0.2, 0.25) is 0 Å². The van der Waals surface area contributed by atoms with E-state index in [4.69, 9.17) is 10.5 Å². The Labute approximate surface area is 101 Å². The van der Waals surface area contributed by atoms with Gasteiger partial charge in [-0.05, 0) is 18.6 Å². The second-order valence-corrected chi connectivity index (χ2v) is 4.62. The maximum absolute atomic E-state index is 10.9. The first-order valence-electron chi connectivity index (χ1n) is 4.90. The fourth-order valence-electron chi connectivity index (χ4n) is 1.84. The van der Waals surface area contributed by atoms with Gasteiger partial charge >= 0.3 is 0 Å². The van der Waals surface area contributed by atoms with Gasteiger partial charge in [0.05, 0.1) is 10.5 Å². The van der Waals surface area contributed by atoms with E-state index in [1.807, 2.05) is 0 Å². The first kappa shape index (κ1) is 11.5. The standard InChI is InChI=1S/C10H11BrN2O3/c11-6-1-2-7(9(5-6)13(14)15)10-8(12)3-4-16-10/h1-2,5,8,10H,3-4,12H2. The van der Waals surface area contributed by atoms with Gasteiger partial charge in [-0.3, -0.25) is 10.1 Å². The molecule has 0 radical (unpaired) electrons. The highest BCUT2D eigenvalue weighted by Crippen LogP contribution is 2.35. The average Bonchev–Trinajstić information content (AvgIpc) is 2.64. The van der Waals surface area contributed by atoms with E-state index >= 15 is 0 Å². The van der Waals surface area contributed by atoms with E-state index in [0.29, 0.717) is 16.6 Å². The molecule has 0 amide bonds. The molecule has 2 rings (SSSR count). The summed E-state index contributed by atoms with van der Waals surface area (Å²) in [6.07, 6.45) is 0.367. The van der Waals surface area contributed by atoms with Crippen LogP contribution in [0, 0.1) is 10.1 Å². The van der Waals surface area contributed by atoms with Gasteiger partial charge in [-0.1, -0.05) is 15.9 Å². The summed E-state index contributed by atoms with van der Waals surface area (Å²) in [5, 5.41) is 10.9. The van der Waals surface area contributed by atoms with Crippen molar-refractivity contribution in [3.8, 4) is 0 Å². The summed E-state index contributed by atoms with van der Waals surface area (Å²) in [6, 6.07) is 4.76. The largest absolute Gasteiger partial charge is 0.372 e. The molecule has 1 heterocycles. The van der Waals surface area contributed by atoms with Gasteiger partial charge in [0, 0.05) is 23.2 Å². The Kier molecular flexibility index (Phi) is 3.22. The van der Waals surface area contributed by atoms with Crippen molar-refractivity contribution in [2.24, 2.45) is 5.73 Å². The minimum Gasteiger partial charge on any atom is -0.372 e. The number of hydrogen-bond acceptors (Lipinski definition) is 4. The highest BCUT2D eigenvalue weighted by molar-refractivity contribution is 9.10. The summed E-state index contributed by atoms with van der Waals surface area (Å²) in [4.78, 5) is 10.5. The highest BCUT2D eigenvalue weighted by atomic mass is 79.9. The molecule has 1 aliphatic heterocycles. The molecule has 0 aromatic heterocycles. The zero-order valence-corrected chi connectivity index (χ0v) is 10.0. The molecule has 0 bridgehead atoms. The fourth-order valence-corrected chi connectivity index (χ4v) is 2.19. The Morgan fingerprint density at radius 1 is 1.56 bits per heavy atom. The molecule has 1 saturated heterocycles. The summed E-state index contributed by atoms with van der Waals surface area (Å²) in [6.45, 7) is 0.555. The van der Waals surface area contributed by atoms with E-state index in [0.717, 1.165) is 6.42 Å². The van der Waals surface area contributed by atoms with Gasteiger partial charge in [0.1, 0.15) is 6.10 Å². The molecular formula is C10H11BrN2O3. The smallest absolute Gasteiger partial charge is 0.276 e. The zero-order chi connectivity index (χ0) is 11.7. The maximum Gasteiger partial charge on any atom is 0.276 e. The summed E-state index contributed by atoms with van der Waals surface area (Å²) in [5.74, 6) is 0. The molecule has 16 heavy (non-hydrogen) atoms. The van der Waals surface area contributed by atoms with Crippen LogP contribution in [0.2, 0.25) is 0 Å². The monoisotopic (exact) mass is 286 g/mol. The Bertz CT molecular complexity index is 425. The second kappa shape index (κ2) is 4.48. The van der Waals surface area contributed by atoms with E-state index in [1.165, 1.54) is 6.07 Å². The maximum atomic E-state index is 10.9. The number of nitrogens with zero attached hydrogens (tertiary/aromatic N) is 1. The molecule has 5 nitrogen and oxygen atoms in total. The number of nitrogens with two attached hydrogens (primary N) is 1. The van der Waals surface area contributed by atoms with Gasteiger partial charge in [0.25, 0.3) is 5.69 Å². The van der Waals surface area contributed by atoms with Crippen LogP contribution in [0.5, 0.6) is 0 Å². The molecule has 0 saturated carbocycles. The molecule has 0 spiro atoms. The van der Waals surface area contributed by atoms with Crippen LogP contribution < -0.4 is 5.73 Å². The number of ether oxygens (including phenoxy) is 1. The molecule has 2 N–H and O–H groups in total. The van der Waals surface area contributed by atoms with E-state index in [2.05, 4.69) is 15.9 Å². The third-order valence-electron chi connectivity index (χ3n) is 2.63. The van der Waals surface area contributed by atoms with Crippen molar-refractivity contribution in [3.63, 3.8) is 0 Å². The van der Waals surface area contributed by atoms with Crippen molar-refractivity contribution in [2.45, 2.75) is 18.6 Å². The van der Waals surface area contributed by atoms with E-state index in [-0.39, 0.29) is 17.8 Å². The van der Waals surface area contributed by atoms with E-state index in [9.17, 15) is 10.1 Å². The quantitative estimate of drug-likeness (QED) is 0.667. The first-order valence-corrected chi connectivity index (χ1v) is 5.70. The zero-order valence-electron chi connectivity index (χ0n) is 8.43. The molecule has 2 atom stereocenters. The molecule has 2 unspecified atom stereocenters. The van der Waals surface area contributed by atoms with Crippen molar-refractivity contribution in [2.75, 3.05) is 6.61 Å². The van der Waals surface area contributed by atoms with Gasteiger partial charge in [-0.25, -0.2) is 0 Å². The van der Waals surface area contributed by atoms with Gasteiger partial charge in [0.15, 0.2) is 0 Å². The van der Waals surface area contributed by atoms with E-state index in [1.54, 1.807) is 12.1 Å². The summed E-state index contributed by atoms with van der Waals surface area (Å²) in [7, 11) is 0. The molecule has 6 heteroatoms. The number of benzene rings is 1. The van der Waals surface area contributed by atoms with Crippen molar-refractivity contribution < 1.29 is 9.66 Å². The molecule has 1 fully saturated rings. The first-order chi connectivity index (χ1) is 7.59. The molecule has 1 aromatic carbocycles. The van der Waals surface area contributed by atoms with Crippen molar-refractivity contribution in [3.05, 3.63) is 38.3 Å². The van der Waals surface area contributed by atoms with Crippen LogP contribution in [-0.4, -0.2) is 17.6 Å². The van der Waals surface area contributed by atoms with Crippen LogP contribution in [0.15, 0.2) is 22.7 Å². The average molecular weight is 287 g/mol. The van der Waals surface area contributed by atoms with Crippen molar-refractivity contribution in [1.82, 2.24) is 0 Å². The lowest BCUT2D eigenvalue weighted by Crippen LogP contribution is -2.24. The number of nitro groups is 1. The predicted octanol–water partition coefficient (Wildman–Crippen LogP) is 2.15. The van der Waals surface area contributed by atoms with Crippen LogP contribution in [0.3, 0.4) is 0 Å². The highest BCUT2D eigenvalue weighted by Gasteiger charge is 2.31. The Morgan fingerprint density at radius 2 is 2.31 bits per heavy atom. The van der Waals surface area contributed by atoms with Crippen molar-refractivity contribution in [1.29, 1.82) is 0 Å².